The fraction of sp³-hybridized carbons (Fsp3) is 0.300. The van der Waals surface area contributed by atoms with E-state index in [0.717, 1.165) is 29.9 Å². The highest BCUT2D eigenvalue weighted by Crippen LogP contribution is 2.17. The van der Waals surface area contributed by atoms with E-state index >= 15 is 0 Å². The van der Waals surface area contributed by atoms with Crippen LogP contribution in [0, 0.1) is 0 Å². The van der Waals surface area contributed by atoms with Crippen LogP contribution in [0.1, 0.15) is 25.0 Å². The quantitative estimate of drug-likeness (QED) is 0.666. The molecule has 0 bridgehead atoms. The van der Waals surface area contributed by atoms with E-state index in [2.05, 4.69) is 29.4 Å². The van der Waals surface area contributed by atoms with Crippen LogP contribution in [-0.4, -0.2) is 24.9 Å². The number of rotatable bonds is 7. The molecule has 0 radical (unpaired) electrons. The van der Waals surface area contributed by atoms with E-state index in [9.17, 15) is 9.59 Å². The molecule has 0 saturated carbocycles. The Balaban J connectivity index is 1.89. The van der Waals surface area contributed by atoms with E-state index in [0.29, 0.717) is 12.2 Å². The summed E-state index contributed by atoms with van der Waals surface area (Å²) in [5.74, 6) is -1.36. The van der Waals surface area contributed by atoms with Crippen molar-refractivity contribution in [1.29, 1.82) is 0 Å². The van der Waals surface area contributed by atoms with Gasteiger partial charge in [-0.15, -0.1) is 0 Å². The summed E-state index contributed by atoms with van der Waals surface area (Å²) < 4.78 is 0. The molecule has 6 nitrogen and oxygen atoms in total. The molecule has 0 spiro atoms. The fourth-order valence-corrected chi connectivity index (χ4v) is 2.66. The van der Waals surface area contributed by atoms with Gasteiger partial charge in [0.15, 0.2) is 0 Å². The lowest BCUT2D eigenvalue weighted by Crippen LogP contribution is -2.35. The summed E-state index contributed by atoms with van der Waals surface area (Å²) in [6.45, 7) is 6.72. The van der Waals surface area contributed by atoms with Crippen LogP contribution in [0.5, 0.6) is 0 Å². The van der Waals surface area contributed by atoms with Crippen LogP contribution < -0.4 is 21.3 Å². The predicted octanol–water partition coefficient (Wildman–Crippen LogP) is 2.25. The minimum atomic E-state index is -0.685. The van der Waals surface area contributed by atoms with Gasteiger partial charge in [0.1, 0.15) is 0 Å². The molecule has 0 aliphatic rings. The Morgan fingerprint density at radius 3 is 2.23 bits per heavy atom. The van der Waals surface area contributed by atoms with Crippen molar-refractivity contribution in [3.63, 3.8) is 0 Å². The van der Waals surface area contributed by atoms with E-state index < -0.39 is 11.8 Å². The van der Waals surface area contributed by atoms with Crippen molar-refractivity contribution >= 4 is 23.2 Å². The van der Waals surface area contributed by atoms with E-state index in [1.807, 2.05) is 36.4 Å². The predicted molar refractivity (Wildman–Crippen MR) is 105 cm³/mol. The number of anilines is 2. The average molecular weight is 354 g/mol. The van der Waals surface area contributed by atoms with Crippen molar-refractivity contribution in [3.8, 4) is 0 Å². The van der Waals surface area contributed by atoms with Crippen molar-refractivity contribution in [2.75, 3.05) is 23.3 Å². The highest BCUT2D eigenvalue weighted by molar-refractivity contribution is 6.39. The molecule has 2 aromatic rings. The first-order valence-electron chi connectivity index (χ1n) is 8.79. The van der Waals surface area contributed by atoms with Crippen molar-refractivity contribution in [2.45, 2.75) is 26.9 Å². The summed E-state index contributed by atoms with van der Waals surface area (Å²) >= 11 is 0. The monoisotopic (exact) mass is 354 g/mol. The fourth-order valence-electron chi connectivity index (χ4n) is 2.66. The maximum Gasteiger partial charge on any atom is 0.313 e. The number of nitrogens with one attached hydrogen (secondary N) is 2. The molecule has 0 heterocycles. The summed E-state index contributed by atoms with van der Waals surface area (Å²) in [5, 5.41) is 5.23. The van der Waals surface area contributed by atoms with Gasteiger partial charge in [-0.1, -0.05) is 24.3 Å². The van der Waals surface area contributed by atoms with Crippen LogP contribution in [0.3, 0.4) is 0 Å². The minimum absolute atomic E-state index is 0.279. The van der Waals surface area contributed by atoms with Gasteiger partial charge in [0.25, 0.3) is 0 Å². The first-order chi connectivity index (χ1) is 12.6. The molecule has 0 aliphatic carbocycles. The number of carbonyl (C=O) groups excluding carboxylic acids is 2. The molecule has 6 heteroatoms. The Kier molecular flexibility index (Phi) is 7.17. The second-order valence-corrected chi connectivity index (χ2v) is 5.88. The second kappa shape index (κ2) is 9.58. The maximum absolute atomic E-state index is 12.0. The topological polar surface area (TPSA) is 87.5 Å². The van der Waals surface area contributed by atoms with Crippen LogP contribution in [-0.2, 0) is 22.7 Å². The lowest BCUT2D eigenvalue weighted by atomic mass is 10.1. The van der Waals surface area contributed by atoms with Gasteiger partial charge in [0.2, 0.25) is 0 Å². The number of hydrogen-bond acceptors (Lipinski definition) is 4. The Morgan fingerprint density at radius 1 is 0.962 bits per heavy atom. The summed E-state index contributed by atoms with van der Waals surface area (Å²) in [6, 6.07) is 15.0. The SMILES string of the molecule is CCN(CC)c1ccc(NC(=O)C(=O)NCc2cccc(CN)c2)cc1. The van der Waals surface area contributed by atoms with Gasteiger partial charge in [-0.3, -0.25) is 9.59 Å². The summed E-state index contributed by atoms with van der Waals surface area (Å²) in [4.78, 5) is 26.2. The summed E-state index contributed by atoms with van der Waals surface area (Å²) in [5.41, 5.74) is 9.15. The molecule has 138 valence electrons. The molecule has 0 unspecified atom stereocenters. The van der Waals surface area contributed by atoms with Crippen molar-refractivity contribution in [2.24, 2.45) is 5.73 Å². The Hall–Kier alpha value is -2.86. The summed E-state index contributed by atoms with van der Waals surface area (Å²) in [6.07, 6.45) is 0. The zero-order chi connectivity index (χ0) is 18.9. The normalized spacial score (nSPS) is 10.3. The highest BCUT2D eigenvalue weighted by atomic mass is 16.2. The van der Waals surface area contributed by atoms with Gasteiger partial charge >= 0.3 is 11.8 Å². The first-order valence-corrected chi connectivity index (χ1v) is 8.79. The molecule has 2 rings (SSSR count). The number of benzene rings is 2. The average Bonchev–Trinajstić information content (AvgIpc) is 2.68. The van der Waals surface area contributed by atoms with Gasteiger partial charge in [-0.2, -0.15) is 0 Å². The number of hydrogen-bond donors (Lipinski definition) is 3. The molecule has 0 fully saturated rings. The molecule has 4 N–H and O–H groups in total. The third-order valence-corrected chi connectivity index (χ3v) is 4.14. The third kappa shape index (κ3) is 5.32. The zero-order valence-electron chi connectivity index (χ0n) is 15.3. The molecule has 0 aromatic heterocycles. The maximum atomic E-state index is 12.0. The molecular weight excluding hydrogens is 328 g/mol. The van der Waals surface area contributed by atoms with Crippen LogP contribution >= 0.6 is 0 Å². The molecular formula is C20H26N4O2. The van der Waals surface area contributed by atoms with Crippen molar-refractivity contribution in [3.05, 3.63) is 59.7 Å². The van der Waals surface area contributed by atoms with E-state index in [1.54, 1.807) is 12.1 Å². The Labute approximate surface area is 154 Å². The number of amides is 2. The van der Waals surface area contributed by atoms with Gasteiger partial charge in [0.05, 0.1) is 0 Å². The van der Waals surface area contributed by atoms with Crippen LogP contribution in [0.15, 0.2) is 48.5 Å². The Morgan fingerprint density at radius 2 is 1.62 bits per heavy atom. The molecule has 2 amide bonds. The molecule has 0 aliphatic heterocycles. The third-order valence-electron chi connectivity index (χ3n) is 4.14. The standard InChI is InChI=1S/C20H26N4O2/c1-3-24(4-2)18-10-8-17(9-11-18)23-20(26)19(25)22-14-16-7-5-6-15(12-16)13-21/h5-12H,3-4,13-14,21H2,1-2H3,(H,22,25)(H,23,26). The van der Waals surface area contributed by atoms with Crippen LogP contribution in [0.25, 0.3) is 0 Å². The molecule has 0 saturated heterocycles. The van der Waals surface area contributed by atoms with Gasteiger partial charge < -0.3 is 21.3 Å². The van der Waals surface area contributed by atoms with Gasteiger partial charge in [-0.05, 0) is 49.2 Å². The smallest absolute Gasteiger partial charge is 0.313 e. The minimum Gasteiger partial charge on any atom is -0.372 e. The highest BCUT2D eigenvalue weighted by Gasteiger charge is 2.13. The van der Waals surface area contributed by atoms with Crippen LogP contribution in [0.2, 0.25) is 0 Å². The number of carbonyl (C=O) groups is 2. The summed E-state index contributed by atoms with van der Waals surface area (Å²) in [7, 11) is 0. The Bertz CT molecular complexity index is 740. The zero-order valence-corrected chi connectivity index (χ0v) is 15.3. The second-order valence-electron chi connectivity index (χ2n) is 5.88. The van der Waals surface area contributed by atoms with Gasteiger partial charge in [0, 0.05) is 37.6 Å². The van der Waals surface area contributed by atoms with E-state index in [4.69, 9.17) is 5.73 Å². The van der Waals surface area contributed by atoms with E-state index in [1.165, 1.54) is 0 Å². The lowest BCUT2D eigenvalue weighted by Gasteiger charge is -2.21. The van der Waals surface area contributed by atoms with Crippen LogP contribution in [0.4, 0.5) is 11.4 Å². The molecule has 26 heavy (non-hydrogen) atoms. The molecule has 2 aromatic carbocycles. The number of nitrogens with two attached hydrogens (primary N) is 1. The first kappa shape index (κ1) is 19.5. The van der Waals surface area contributed by atoms with Crippen molar-refractivity contribution in [1.82, 2.24) is 5.32 Å². The van der Waals surface area contributed by atoms with Crippen molar-refractivity contribution < 1.29 is 9.59 Å². The van der Waals surface area contributed by atoms with Gasteiger partial charge in [-0.25, -0.2) is 0 Å². The lowest BCUT2D eigenvalue weighted by molar-refractivity contribution is -0.136. The molecule has 0 atom stereocenters. The largest absolute Gasteiger partial charge is 0.372 e. The number of nitrogens with zero attached hydrogens (tertiary/aromatic N) is 1. The van der Waals surface area contributed by atoms with E-state index in [-0.39, 0.29) is 6.54 Å².